The summed E-state index contributed by atoms with van der Waals surface area (Å²) in [5.74, 6) is 0.725. The molecule has 0 N–H and O–H groups in total. The molecule has 2 rings (SSSR count). The molecule has 2 aromatic rings. The molecule has 0 saturated heterocycles. The first kappa shape index (κ1) is 14.8. The van der Waals surface area contributed by atoms with E-state index in [0.717, 1.165) is 11.1 Å². The molecular formula is C15H13Cl2NO2. The van der Waals surface area contributed by atoms with Crippen LogP contribution in [0.3, 0.4) is 0 Å². The smallest absolute Gasteiger partial charge is 0.141 e. The lowest BCUT2D eigenvalue weighted by atomic mass is 10.0. The monoisotopic (exact) mass is 309 g/mol. The SMILES string of the molecule is COc1ccc(Cl)cc1CC(=O)Cc1ccnc(Cl)c1. The van der Waals surface area contributed by atoms with Crippen LogP contribution in [0.5, 0.6) is 5.75 Å². The van der Waals surface area contributed by atoms with Crippen molar-refractivity contribution in [2.24, 2.45) is 0 Å². The molecule has 0 bridgehead atoms. The summed E-state index contributed by atoms with van der Waals surface area (Å²) in [6.07, 6.45) is 2.16. The second-order valence-electron chi connectivity index (χ2n) is 4.34. The van der Waals surface area contributed by atoms with Crippen LogP contribution in [0.1, 0.15) is 11.1 Å². The Balaban J connectivity index is 2.10. The third-order valence-electron chi connectivity index (χ3n) is 2.82. The van der Waals surface area contributed by atoms with Gasteiger partial charge in [0.25, 0.3) is 0 Å². The van der Waals surface area contributed by atoms with E-state index in [2.05, 4.69) is 4.98 Å². The maximum Gasteiger partial charge on any atom is 0.141 e. The van der Waals surface area contributed by atoms with E-state index in [0.29, 0.717) is 22.3 Å². The second-order valence-corrected chi connectivity index (χ2v) is 5.16. The van der Waals surface area contributed by atoms with Gasteiger partial charge in [-0.3, -0.25) is 4.79 Å². The average molecular weight is 310 g/mol. The van der Waals surface area contributed by atoms with Crippen molar-refractivity contribution in [1.82, 2.24) is 4.98 Å². The molecule has 0 aliphatic carbocycles. The summed E-state index contributed by atoms with van der Waals surface area (Å²) in [5.41, 5.74) is 1.63. The Morgan fingerprint density at radius 3 is 2.70 bits per heavy atom. The van der Waals surface area contributed by atoms with Gasteiger partial charge >= 0.3 is 0 Å². The first-order valence-electron chi connectivity index (χ1n) is 6.03. The minimum absolute atomic E-state index is 0.0628. The number of hydrogen-bond donors (Lipinski definition) is 0. The number of aromatic nitrogens is 1. The summed E-state index contributed by atoms with van der Waals surface area (Å²) in [4.78, 5) is 16.0. The molecule has 0 radical (unpaired) electrons. The molecule has 0 spiro atoms. The van der Waals surface area contributed by atoms with E-state index in [1.165, 1.54) is 0 Å². The zero-order valence-electron chi connectivity index (χ0n) is 10.9. The van der Waals surface area contributed by atoms with Crippen LogP contribution in [0, 0.1) is 0 Å². The van der Waals surface area contributed by atoms with Gasteiger partial charge in [0.1, 0.15) is 16.7 Å². The van der Waals surface area contributed by atoms with E-state index < -0.39 is 0 Å². The van der Waals surface area contributed by atoms with Crippen LogP contribution in [0.25, 0.3) is 0 Å². The predicted octanol–water partition coefficient (Wildman–Crippen LogP) is 3.75. The van der Waals surface area contributed by atoms with Gasteiger partial charge in [-0.15, -0.1) is 0 Å². The average Bonchev–Trinajstić information content (AvgIpc) is 2.38. The van der Waals surface area contributed by atoms with E-state index in [1.807, 2.05) is 0 Å². The molecule has 3 nitrogen and oxygen atoms in total. The van der Waals surface area contributed by atoms with Crippen LogP contribution in [-0.4, -0.2) is 17.9 Å². The minimum atomic E-state index is 0.0628. The molecule has 1 aromatic carbocycles. The van der Waals surface area contributed by atoms with Gasteiger partial charge in [-0.2, -0.15) is 0 Å². The first-order chi connectivity index (χ1) is 9.58. The van der Waals surface area contributed by atoms with E-state index in [-0.39, 0.29) is 12.2 Å². The molecule has 0 aliphatic heterocycles. The van der Waals surface area contributed by atoms with Gasteiger partial charge in [-0.1, -0.05) is 23.2 Å². The number of methoxy groups -OCH3 is 1. The maximum atomic E-state index is 12.1. The summed E-state index contributed by atoms with van der Waals surface area (Å²) in [7, 11) is 1.57. The number of ketones is 1. The van der Waals surface area contributed by atoms with Crippen molar-refractivity contribution in [3.63, 3.8) is 0 Å². The number of ether oxygens (including phenoxy) is 1. The molecule has 0 aliphatic rings. The van der Waals surface area contributed by atoms with Crippen molar-refractivity contribution in [2.75, 3.05) is 7.11 Å². The molecule has 0 amide bonds. The van der Waals surface area contributed by atoms with Crippen molar-refractivity contribution in [1.29, 1.82) is 0 Å². The molecular weight excluding hydrogens is 297 g/mol. The Labute approximate surface area is 127 Å². The third kappa shape index (κ3) is 3.95. The molecule has 0 fully saturated rings. The van der Waals surface area contributed by atoms with Crippen LogP contribution in [0.15, 0.2) is 36.5 Å². The van der Waals surface area contributed by atoms with E-state index in [4.69, 9.17) is 27.9 Å². The number of carbonyl (C=O) groups excluding carboxylic acids is 1. The first-order valence-corrected chi connectivity index (χ1v) is 6.78. The van der Waals surface area contributed by atoms with Crippen LogP contribution in [-0.2, 0) is 17.6 Å². The summed E-state index contributed by atoms with van der Waals surface area (Å²) in [6.45, 7) is 0. The summed E-state index contributed by atoms with van der Waals surface area (Å²) in [6, 6.07) is 8.71. The van der Waals surface area contributed by atoms with Crippen LogP contribution >= 0.6 is 23.2 Å². The fraction of sp³-hybridized carbons (Fsp3) is 0.200. The van der Waals surface area contributed by atoms with Gasteiger partial charge in [0.2, 0.25) is 0 Å². The largest absolute Gasteiger partial charge is 0.496 e. The Bertz CT molecular complexity index is 629. The van der Waals surface area contributed by atoms with E-state index in [1.54, 1.807) is 43.6 Å². The Kier molecular flexibility index (Phi) is 4.99. The molecule has 0 atom stereocenters. The fourth-order valence-corrected chi connectivity index (χ4v) is 2.33. The minimum Gasteiger partial charge on any atom is -0.496 e. The third-order valence-corrected chi connectivity index (χ3v) is 3.26. The van der Waals surface area contributed by atoms with Gasteiger partial charge in [0, 0.05) is 29.6 Å². The fourth-order valence-electron chi connectivity index (χ4n) is 1.94. The van der Waals surface area contributed by atoms with E-state index in [9.17, 15) is 4.79 Å². The van der Waals surface area contributed by atoms with Crippen molar-refractivity contribution in [2.45, 2.75) is 12.8 Å². The number of pyridine rings is 1. The zero-order chi connectivity index (χ0) is 14.5. The highest BCUT2D eigenvalue weighted by molar-refractivity contribution is 6.30. The molecule has 104 valence electrons. The second kappa shape index (κ2) is 6.73. The zero-order valence-corrected chi connectivity index (χ0v) is 12.4. The van der Waals surface area contributed by atoms with Crippen molar-refractivity contribution >= 4 is 29.0 Å². The topological polar surface area (TPSA) is 39.2 Å². The van der Waals surface area contributed by atoms with Gasteiger partial charge in [0.15, 0.2) is 0 Å². The number of Topliss-reactive ketones (excluding diaryl/α,β-unsaturated/α-hetero) is 1. The number of nitrogens with zero attached hydrogens (tertiary/aromatic N) is 1. The molecule has 0 unspecified atom stereocenters. The highest BCUT2D eigenvalue weighted by Gasteiger charge is 2.10. The summed E-state index contributed by atoms with van der Waals surface area (Å²) >= 11 is 11.7. The highest BCUT2D eigenvalue weighted by Crippen LogP contribution is 2.23. The lowest BCUT2D eigenvalue weighted by molar-refractivity contribution is -0.117. The number of hydrogen-bond acceptors (Lipinski definition) is 3. The van der Waals surface area contributed by atoms with Crippen molar-refractivity contribution in [3.05, 3.63) is 57.8 Å². The number of halogens is 2. The Morgan fingerprint density at radius 2 is 2.00 bits per heavy atom. The molecule has 1 heterocycles. The predicted molar refractivity (Wildman–Crippen MR) is 79.7 cm³/mol. The molecule has 20 heavy (non-hydrogen) atoms. The molecule has 5 heteroatoms. The highest BCUT2D eigenvalue weighted by atomic mass is 35.5. The van der Waals surface area contributed by atoms with Gasteiger partial charge in [-0.05, 0) is 35.9 Å². The lowest BCUT2D eigenvalue weighted by Gasteiger charge is -2.08. The van der Waals surface area contributed by atoms with Gasteiger partial charge in [0.05, 0.1) is 7.11 Å². The standard InChI is InChI=1S/C15H13Cl2NO2/c1-20-14-3-2-12(16)8-11(14)9-13(19)6-10-4-5-18-15(17)7-10/h2-5,7-8H,6,9H2,1H3. The quantitative estimate of drug-likeness (QED) is 0.790. The lowest BCUT2D eigenvalue weighted by Crippen LogP contribution is -2.08. The normalized spacial score (nSPS) is 10.3. The van der Waals surface area contributed by atoms with Crippen LogP contribution < -0.4 is 4.74 Å². The maximum absolute atomic E-state index is 12.1. The Hall–Kier alpha value is -1.58. The number of rotatable bonds is 5. The summed E-state index contributed by atoms with van der Waals surface area (Å²) < 4.78 is 5.23. The number of benzene rings is 1. The van der Waals surface area contributed by atoms with Gasteiger partial charge in [-0.25, -0.2) is 4.98 Å². The Morgan fingerprint density at radius 1 is 1.20 bits per heavy atom. The van der Waals surface area contributed by atoms with E-state index >= 15 is 0 Å². The summed E-state index contributed by atoms with van der Waals surface area (Å²) in [5, 5.41) is 0.969. The molecule has 0 saturated carbocycles. The number of carbonyl (C=O) groups is 1. The molecule has 1 aromatic heterocycles. The van der Waals surface area contributed by atoms with Crippen LogP contribution in [0.4, 0.5) is 0 Å². The van der Waals surface area contributed by atoms with Crippen molar-refractivity contribution in [3.8, 4) is 5.75 Å². The van der Waals surface area contributed by atoms with Gasteiger partial charge < -0.3 is 4.74 Å². The van der Waals surface area contributed by atoms with Crippen molar-refractivity contribution < 1.29 is 9.53 Å². The van der Waals surface area contributed by atoms with Crippen LogP contribution in [0.2, 0.25) is 10.2 Å².